The summed E-state index contributed by atoms with van der Waals surface area (Å²) in [6, 6.07) is 4.05. The highest BCUT2D eigenvalue weighted by Crippen LogP contribution is 2.66. The number of hydrogen-bond donors (Lipinski definition) is 1. The Morgan fingerprint density at radius 2 is 1.67 bits per heavy atom. The number of ether oxygens (including phenoxy) is 3. The molecule has 1 spiro atoms. The maximum Gasteiger partial charge on any atom is 0.513 e. The van der Waals surface area contributed by atoms with E-state index in [2.05, 4.69) is 24.5 Å². The highest BCUT2D eigenvalue weighted by Gasteiger charge is 2.72. The Bertz CT molecular complexity index is 1150. The number of nitrogens with zero attached hydrogens (tertiary/aromatic N) is 1. The molecule has 3 aliphatic carbocycles. The van der Waals surface area contributed by atoms with Crippen LogP contribution in [0.1, 0.15) is 134 Å². The van der Waals surface area contributed by atoms with Crippen molar-refractivity contribution >= 4 is 6.16 Å². The monoisotopic (exact) mass is 593 g/mol. The van der Waals surface area contributed by atoms with Gasteiger partial charge in [0.2, 0.25) is 0 Å². The molecule has 4 unspecified atom stereocenters. The van der Waals surface area contributed by atoms with E-state index in [9.17, 15) is 9.90 Å². The molecule has 1 aromatic carbocycles. The minimum Gasteiger partial charge on any atom is -0.481 e. The first-order valence-corrected chi connectivity index (χ1v) is 17.8. The Morgan fingerprint density at radius 1 is 1.00 bits per heavy atom. The first-order chi connectivity index (χ1) is 21.0. The Kier molecular flexibility index (Phi) is 9.73. The molecular weight excluding hydrogens is 538 g/mol. The molecule has 1 N–H and O–H groups in total. The van der Waals surface area contributed by atoms with Crippen LogP contribution in [0.25, 0.3) is 0 Å². The van der Waals surface area contributed by atoms with Crippen molar-refractivity contribution in [2.75, 3.05) is 19.7 Å². The van der Waals surface area contributed by atoms with Crippen LogP contribution in [-0.2, 0) is 16.6 Å². The third-order valence-corrected chi connectivity index (χ3v) is 11.4. The Hall–Kier alpha value is -2.05. The maximum atomic E-state index is 12.7. The minimum atomic E-state index is -0.863. The number of carbonyl (C=O) groups is 1. The minimum absolute atomic E-state index is 0.0940. The number of carbonyl (C=O) groups excluding carboxylic acids is 1. The average Bonchev–Trinajstić information content (AvgIpc) is 3.74. The summed E-state index contributed by atoms with van der Waals surface area (Å²) in [5.41, 5.74) is 1.94. The van der Waals surface area contributed by atoms with Gasteiger partial charge in [0.05, 0.1) is 17.6 Å². The van der Waals surface area contributed by atoms with Crippen molar-refractivity contribution in [3.8, 4) is 11.5 Å². The molecule has 0 radical (unpaired) electrons. The molecule has 2 bridgehead atoms. The van der Waals surface area contributed by atoms with E-state index in [1.165, 1.54) is 89.0 Å². The highest BCUT2D eigenvalue weighted by atomic mass is 16.7. The van der Waals surface area contributed by atoms with Gasteiger partial charge in [0, 0.05) is 18.2 Å². The SMILES string of the molecule is C=C1CCC2(O)C3Cc4ccc(OC(=O)OCCCCCCCCCCCCCCC)c5c4C2(CCN3CC2CC2)C1O5. The van der Waals surface area contributed by atoms with Gasteiger partial charge in [0.1, 0.15) is 6.10 Å². The van der Waals surface area contributed by atoms with Crippen molar-refractivity contribution in [3.05, 3.63) is 35.4 Å². The molecule has 2 heterocycles. The Morgan fingerprint density at radius 3 is 2.35 bits per heavy atom. The van der Waals surface area contributed by atoms with Crippen molar-refractivity contribution in [2.24, 2.45) is 5.92 Å². The second kappa shape index (κ2) is 13.5. The lowest BCUT2D eigenvalue weighted by molar-refractivity contribution is -0.174. The number of aliphatic hydroxyl groups is 1. The van der Waals surface area contributed by atoms with Gasteiger partial charge < -0.3 is 19.3 Å². The number of piperidine rings is 1. The van der Waals surface area contributed by atoms with Crippen molar-refractivity contribution in [1.29, 1.82) is 0 Å². The fourth-order valence-electron chi connectivity index (χ4n) is 8.86. The molecule has 6 nitrogen and oxygen atoms in total. The van der Waals surface area contributed by atoms with E-state index < -0.39 is 17.2 Å². The number of benzene rings is 1. The quantitative estimate of drug-likeness (QED) is 0.0846. The third-order valence-electron chi connectivity index (χ3n) is 11.4. The molecule has 6 heteroatoms. The van der Waals surface area contributed by atoms with Gasteiger partial charge in [-0.25, -0.2) is 4.79 Å². The van der Waals surface area contributed by atoms with Crippen LogP contribution >= 0.6 is 0 Å². The highest BCUT2D eigenvalue weighted by molar-refractivity contribution is 5.70. The molecule has 2 saturated carbocycles. The van der Waals surface area contributed by atoms with Gasteiger partial charge in [-0.15, -0.1) is 0 Å². The second-order valence-corrected chi connectivity index (χ2v) is 14.3. The average molecular weight is 594 g/mol. The fraction of sp³-hybridized carbons (Fsp3) is 0.757. The van der Waals surface area contributed by atoms with Crippen molar-refractivity contribution in [1.82, 2.24) is 4.90 Å². The molecule has 2 aliphatic heterocycles. The molecule has 1 saturated heterocycles. The number of rotatable bonds is 17. The van der Waals surface area contributed by atoms with Crippen LogP contribution in [0.3, 0.4) is 0 Å². The van der Waals surface area contributed by atoms with Crippen LogP contribution in [-0.4, -0.2) is 53.6 Å². The molecule has 0 amide bonds. The lowest BCUT2D eigenvalue weighted by Gasteiger charge is -2.63. The standard InChI is InChI=1S/C37H55NO5/c1-3-4-5-6-7-8-9-10-11-12-13-14-15-24-41-35(39)42-30-19-18-29-25-31-37(40)21-20-27(2)34-36(37,32(29)33(30)43-34)22-23-38(31)26-28-16-17-28/h18-19,28,31,34,40H,2-17,20-26H2,1H3. The first-order valence-electron chi connectivity index (χ1n) is 17.8. The lowest BCUT2D eigenvalue weighted by atomic mass is 9.48. The van der Waals surface area contributed by atoms with Crippen LogP contribution < -0.4 is 9.47 Å². The second-order valence-electron chi connectivity index (χ2n) is 14.3. The number of hydrogen-bond acceptors (Lipinski definition) is 6. The molecule has 0 aromatic heterocycles. The lowest BCUT2D eigenvalue weighted by Crippen LogP contribution is -2.75. The smallest absolute Gasteiger partial charge is 0.481 e. The van der Waals surface area contributed by atoms with Gasteiger partial charge in [-0.3, -0.25) is 4.90 Å². The van der Waals surface area contributed by atoms with Gasteiger partial charge in [-0.05, 0) is 74.6 Å². The van der Waals surface area contributed by atoms with E-state index in [4.69, 9.17) is 14.2 Å². The van der Waals surface area contributed by atoms with Gasteiger partial charge in [0.25, 0.3) is 0 Å². The third kappa shape index (κ3) is 6.12. The molecule has 3 fully saturated rings. The summed E-state index contributed by atoms with van der Waals surface area (Å²) in [6.45, 7) is 9.08. The van der Waals surface area contributed by atoms with Gasteiger partial charge in [-0.1, -0.05) is 96.6 Å². The fourth-order valence-corrected chi connectivity index (χ4v) is 8.86. The van der Waals surface area contributed by atoms with Gasteiger partial charge in [-0.2, -0.15) is 0 Å². The topological polar surface area (TPSA) is 68.2 Å². The van der Waals surface area contributed by atoms with Crippen LogP contribution in [0.4, 0.5) is 4.79 Å². The summed E-state index contributed by atoms with van der Waals surface area (Å²) in [4.78, 5) is 15.3. The molecule has 5 aliphatic rings. The summed E-state index contributed by atoms with van der Waals surface area (Å²) in [7, 11) is 0. The summed E-state index contributed by atoms with van der Waals surface area (Å²) < 4.78 is 17.9. The molecule has 4 atom stereocenters. The van der Waals surface area contributed by atoms with Crippen LogP contribution in [0.5, 0.6) is 11.5 Å². The number of unbranched alkanes of at least 4 members (excludes halogenated alkanes) is 12. The van der Waals surface area contributed by atoms with E-state index in [-0.39, 0.29) is 12.1 Å². The van der Waals surface area contributed by atoms with Crippen LogP contribution in [0.15, 0.2) is 24.3 Å². The molecule has 43 heavy (non-hydrogen) atoms. The number of likely N-dealkylation sites (tertiary alicyclic amines) is 1. The van der Waals surface area contributed by atoms with Crippen molar-refractivity contribution in [3.63, 3.8) is 0 Å². The molecular formula is C37H55NO5. The van der Waals surface area contributed by atoms with E-state index in [0.717, 1.165) is 62.2 Å². The van der Waals surface area contributed by atoms with E-state index in [0.29, 0.717) is 24.5 Å². The maximum absolute atomic E-state index is 12.7. The molecule has 6 rings (SSSR count). The summed E-state index contributed by atoms with van der Waals surface area (Å²) in [6.07, 6.45) is 21.5. The van der Waals surface area contributed by atoms with Gasteiger partial charge >= 0.3 is 6.16 Å². The molecule has 238 valence electrons. The van der Waals surface area contributed by atoms with Crippen LogP contribution in [0.2, 0.25) is 0 Å². The Labute approximate surface area is 259 Å². The van der Waals surface area contributed by atoms with E-state index in [1.807, 2.05) is 6.07 Å². The van der Waals surface area contributed by atoms with E-state index >= 15 is 0 Å². The van der Waals surface area contributed by atoms with Crippen molar-refractivity contribution < 1.29 is 24.1 Å². The zero-order chi connectivity index (χ0) is 29.9. The largest absolute Gasteiger partial charge is 0.513 e. The summed E-state index contributed by atoms with van der Waals surface area (Å²) >= 11 is 0. The summed E-state index contributed by atoms with van der Waals surface area (Å²) in [5, 5.41) is 12.5. The Balaban J connectivity index is 0.985. The summed E-state index contributed by atoms with van der Waals surface area (Å²) in [5.74, 6) is 1.81. The predicted octanol–water partition coefficient (Wildman–Crippen LogP) is 8.41. The van der Waals surface area contributed by atoms with E-state index in [1.54, 1.807) is 0 Å². The van der Waals surface area contributed by atoms with Gasteiger partial charge in [0.15, 0.2) is 11.5 Å². The normalized spacial score (nSPS) is 28.8. The molecule has 1 aromatic rings. The predicted molar refractivity (Wildman–Crippen MR) is 170 cm³/mol. The first kappa shape index (κ1) is 31.0. The zero-order valence-corrected chi connectivity index (χ0v) is 26.7. The van der Waals surface area contributed by atoms with Crippen LogP contribution in [0, 0.1) is 5.92 Å². The van der Waals surface area contributed by atoms with Crippen molar-refractivity contribution in [2.45, 2.75) is 152 Å². The zero-order valence-electron chi connectivity index (χ0n) is 26.7.